The first-order valence-electron chi connectivity index (χ1n) is 6.82. The summed E-state index contributed by atoms with van der Waals surface area (Å²) in [6.45, 7) is 4.74. The number of carbonyl (C=O) groups is 1. The van der Waals surface area contributed by atoms with E-state index < -0.39 is 0 Å². The molecule has 1 saturated heterocycles. The first-order chi connectivity index (χ1) is 9.19. The van der Waals surface area contributed by atoms with Crippen LogP contribution in [0.3, 0.4) is 0 Å². The number of carbonyl (C=O) groups excluding carboxylic acids is 1. The Morgan fingerprint density at radius 1 is 1.42 bits per heavy atom. The molecule has 104 valence electrons. The summed E-state index contributed by atoms with van der Waals surface area (Å²) in [4.78, 5) is 14.0. The molecule has 0 unspecified atom stereocenters. The van der Waals surface area contributed by atoms with E-state index in [1.54, 1.807) is 12.1 Å². The molecule has 3 nitrogen and oxygen atoms in total. The Bertz CT molecular complexity index is 419. The molecule has 0 N–H and O–H groups in total. The first kappa shape index (κ1) is 14.0. The third-order valence-electron chi connectivity index (χ3n) is 3.44. The van der Waals surface area contributed by atoms with E-state index in [4.69, 9.17) is 4.74 Å². The van der Waals surface area contributed by atoms with Crippen LogP contribution >= 0.6 is 0 Å². The summed E-state index contributed by atoms with van der Waals surface area (Å²) >= 11 is 0. The fourth-order valence-corrected chi connectivity index (χ4v) is 2.50. The van der Waals surface area contributed by atoms with Crippen LogP contribution in [0.25, 0.3) is 0 Å². The predicted molar refractivity (Wildman–Crippen MR) is 71.0 cm³/mol. The molecule has 0 amide bonds. The van der Waals surface area contributed by atoms with E-state index in [1.807, 2.05) is 6.92 Å². The van der Waals surface area contributed by atoms with E-state index in [1.165, 1.54) is 12.1 Å². The van der Waals surface area contributed by atoms with Gasteiger partial charge in [0.05, 0.1) is 12.5 Å². The molecule has 1 aliphatic heterocycles. The van der Waals surface area contributed by atoms with Gasteiger partial charge in [0.15, 0.2) is 0 Å². The molecule has 1 heterocycles. The van der Waals surface area contributed by atoms with Crippen molar-refractivity contribution in [3.63, 3.8) is 0 Å². The number of halogens is 1. The van der Waals surface area contributed by atoms with Gasteiger partial charge in [-0.25, -0.2) is 4.39 Å². The highest BCUT2D eigenvalue weighted by atomic mass is 19.1. The minimum Gasteiger partial charge on any atom is -0.466 e. The monoisotopic (exact) mass is 265 g/mol. The zero-order valence-corrected chi connectivity index (χ0v) is 11.3. The number of benzene rings is 1. The van der Waals surface area contributed by atoms with E-state index in [0.717, 1.165) is 38.0 Å². The molecule has 0 spiro atoms. The van der Waals surface area contributed by atoms with Gasteiger partial charge >= 0.3 is 5.97 Å². The number of piperidine rings is 1. The van der Waals surface area contributed by atoms with Gasteiger partial charge in [0, 0.05) is 13.1 Å². The molecule has 1 aliphatic rings. The summed E-state index contributed by atoms with van der Waals surface area (Å²) in [5.74, 6) is -0.327. The van der Waals surface area contributed by atoms with Crippen molar-refractivity contribution >= 4 is 5.97 Å². The third kappa shape index (κ3) is 4.03. The molecule has 0 aromatic heterocycles. The van der Waals surface area contributed by atoms with E-state index in [2.05, 4.69) is 4.90 Å². The van der Waals surface area contributed by atoms with Crippen molar-refractivity contribution in [2.24, 2.45) is 5.92 Å². The fraction of sp³-hybridized carbons (Fsp3) is 0.533. The average molecular weight is 265 g/mol. The van der Waals surface area contributed by atoms with Gasteiger partial charge in [-0.3, -0.25) is 9.69 Å². The SMILES string of the molecule is CCOC(=O)[C@H]1CCCN(Cc2ccc(F)cc2)C1. The van der Waals surface area contributed by atoms with E-state index >= 15 is 0 Å². The number of likely N-dealkylation sites (tertiary alicyclic amines) is 1. The van der Waals surface area contributed by atoms with E-state index in [9.17, 15) is 9.18 Å². The molecular weight excluding hydrogens is 245 g/mol. The van der Waals surface area contributed by atoms with Crippen molar-refractivity contribution in [3.8, 4) is 0 Å². The van der Waals surface area contributed by atoms with Crippen LogP contribution in [0, 0.1) is 11.7 Å². The van der Waals surface area contributed by atoms with Crippen LogP contribution in [0.1, 0.15) is 25.3 Å². The van der Waals surface area contributed by atoms with Gasteiger partial charge in [0.25, 0.3) is 0 Å². The number of rotatable bonds is 4. The number of hydrogen-bond donors (Lipinski definition) is 0. The van der Waals surface area contributed by atoms with Gasteiger partial charge in [-0.05, 0) is 44.0 Å². The van der Waals surface area contributed by atoms with Gasteiger partial charge in [-0.15, -0.1) is 0 Å². The van der Waals surface area contributed by atoms with Crippen molar-refractivity contribution in [1.29, 1.82) is 0 Å². The van der Waals surface area contributed by atoms with Crippen LogP contribution in [0.4, 0.5) is 4.39 Å². The molecule has 1 atom stereocenters. The molecule has 0 saturated carbocycles. The Morgan fingerprint density at radius 3 is 2.84 bits per heavy atom. The molecule has 0 radical (unpaired) electrons. The summed E-state index contributed by atoms with van der Waals surface area (Å²) in [7, 11) is 0. The highest BCUT2D eigenvalue weighted by Gasteiger charge is 2.26. The molecular formula is C15H20FNO2. The number of esters is 1. The highest BCUT2D eigenvalue weighted by Crippen LogP contribution is 2.20. The molecule has 19 heavy (non-hydrogen) atoms. The van der Waals surface area contributed by atoms with Crippen LogP contribution in [0.2, 0.25) is 0 Å². The maximum Gasteiger partial charge on any atom is 0.310 e. The van der Waals surface area contributed by atoms with Crippen molar-refractivity contribution in [2.45, 2.75) is 26.3 Å². The third-order valence-corrected chi connectivity index (χ3v) is 3.44. The van der Waals surface area contributed by atoms with Gasteiger partial charge < -0.3 is 4.74 Å². The maximum absolute atomic E-state index is 12.8. The Labute approximate surface area is 113 Å². The summed E-state index contributed by atoms with van der Waals surface area (Å²) in [5.41, 5.74) is 1.07. The normalized spacial score (nSPS) is 20.2. The Kier molecular flexibility index (Phi) is 4.91. The van der Waals surface area contributed by atoms with Crippen molar-refractivity contribution in [2.75, 3.05) is 19.7 Å². The van der Waals surface area contributed by atoms with Gasteiger partial charge in [0.1, 0.15) is 5.82 Å². The topological polar surface area (TPSA) is 29.5 Å². The quantitative estimate of drug-likeness (QED) is 0.784. The van der Waals surface area contributed by atoms with Gasteiger partial charge in [-0.2, -0.15) is 0 Å². The van der Waals surface area contributed by atoms with E-state index in [-0.39, 0.29) is 17.7 Å². The van der Waals surface area contributed by atoms with Crippen LogP contribution in [-0.2, 0) is 16.1 Å². The zero-order chi connectivity index (χ0) is 13.7. The number of hydrogen-bond acceptors (Lipinski definition) is 3. The van der Waals surface area contributed by atoms with Crippen LogP contribution < -0.4 is 0 Å². The molecule has 0 aliphatic carbocycles. The lowest BCUT2D eigenvalue weighted by Crippen LogP contribution is -2.38. The second-order valence-corrected chi connectivity index (χ2v) is 4.95. The van der Waals surface area contributed by atoms with Gasteiger partial charge in [0.2, 0.25) is 0 Å². The fourth-order valence-electron chi connectivity index (χ4n) is 2.50. The molecule has 1 aromatic rings. The standard InChI is InChI=1S/C15H20FNO2/c1-2-19-15(18)13-4-3-9-17(11-13)10-12-5-7-14(16)8-6-12/h5-8,13H,2-4,9-11H2,1H3/t13-/m0/s1. The molecule has 1 aromatic carbocycles. The predicted octanol–water partition coefficient (Wildman–Crippen LogP) is 2.60. The number of ether oxygens (including phenoxy) is 1. The highest BCUT2D eigenvalue weighted by molar-refractivity contribution is 5.72. The minimum absolute atomic E-state index is 0.0193. The Balaban J connectivity index is 1.90. The summed E-state index contributed by atoms with van der Waals surface area (Å²) in [6.07, 6.45) is 1.91. The maximum atomic E-state index is 12.8. The van der Waals surface area contributed by atoms with Crippen molar-refractivity contribution in [3.05, 3.63) is 35.6 Å². The summed E-state index contributed by atoms with van der Waals surface area (Å²) in [6, 6.07) is 6.54. The van der Waals surface area contributed by atoms with E-state index in [0.29, 0.717) is 6.61 Å². The van der Waals surface area contributed by atoms with Crippen molar-refractivity contribution < 1.29 is 13.9 Å². The zero-order valence-electron chi connectivity index (χ0n) is 11.3. The van der Waals surface area contributed by atoms with Crippen molar-refractivity contribution in [1.82, 2.24) is 4.90 Å². The molecule has 0 bridgehead atoms. The molecule has 4 heteroatoms. The van der Waals surface area contributed by atoms with Crippen LogP contribution in [0.5, 0.6) is 0 Å². The lowest BCUT2D eigenvalue weighted by molar-refractivity contribution is -0.150. The van der Waals surface area contributed by atoms with Crippen LogP contribution in [0.15, 0.2) is 24.3 Å². The lowest BCUT2D eigenvalue weighted by Gasteiger charge is -2.31. The Morgan fingerprint density at radius 2 is 2.16 bits per heavy atom. The second-order valence-electron chi connectivity index (χ2n) is 4.95. The average Bonchev–Trinajstić information content (AvgIpc) is 2.42. The summed E-state index contributed by atoms with van der Waals surface area (Å²) < 4.78 is 17.9. The second kappa shape index (κ2) is 6.66. The van der Waals surface area contributed by atoms with Crippen LogP contribution in [-0.4, -0.2) is 30.6 Å². The molecule has 1 fully saturated rings. The first-order valence-corrected chi connectivity index (χ1v) is 6.82. The largest absolute Gasteiger partial charge is 0.466 e. The number of nitrogens with zero attached hydrogens (tertiary/aromatic N) is 1. The van der Waals surface area contributed by atoms with Gasteiger partial charge in [-0.1, -0.05) is 12.1 Å². The summed E-state index contributed by atoms with van der Waals surface area (Å²) in [5, 5.41) is 0. The Hall–Kier alpha value is -1.42. The minimum atomic E-state index is -0.216. The molecule has 2 rings (SSSR count). The smallest absolute Gasteiger partial charge is 0.310 e. The lowest BCUT2D eigenvalue weighted by atomic mass is 9.98.